The average Bonchev–Trinajstić information content (AvgIpc) is 2.69. The van der Waals surface area contributed by atoms with E-state index in [4.69, 9.17) is 5.26 Å². The van der Waals surface area contributed by atoms with Crippen molar-refractivity contribution in [3.63, 3.8) is 0 Å². The third kappa shape index (κ3) is 2.90. The van der Waals surface area contributed by atoms with Crippen molar-refractivity contribution in [3.8, 4) is 6.07 Å². The molecule has 19 heavy (non-hydrogen) atoms. The SMILES string of the molecule is Cn1cc(C#N)c(NC(=O)c2ccc(F)cc2I)n1. The molecule has 0 bridgehead atoms. The van der Waals surface area contributed by atoms with Crippen LogP contribution >= 0.6 is 22.6 Å². The molecule has 0 unspecified atom stereocenters. The van der Waals surface area contributed by atoms with Gasteiger partial charge in [-0.15, -0.1) is 0 Å². The van der Waals surface area contributed by atoms with Gasteiger partial charge in [0.15, 0.2) is 5.82 Å². The van der Waals surface area contributed by atoms with E-state index < -0.39 is 11.7 Å². The Morgan fingerprint density at radius 1 is 1.58 bits per heavy atom. The van der Waals surface area contributed by atoms with Crippen LogP contribution in [0.15, 0.2) is 24.4 Å². The number of nitrogens with one attached hydrogen (secondary N) is 1. The zero-order chi connectivity index (χ0) is 14.0. The summed E-state index contributed by atoms with van der Waals surface area (Å²) in [5.74, 6) is -0.647. The summed E-state index contributed by atoms with van der Waals surface area (Å²) >= 11 is 1.88. The monoisotopic (exact) mass is 370 g/mol. The van der Waals surface area contributed by atoms with Crippen molar-refractivity contribution in [3.05, 3.63) is 44.9 Å². The normalized spacial score (nSPS) is 10.0. The molecule has 0 spiro atoms. The highest BCUT2D eigenvalue weighted by Gasteiger charge is 2.15. The maximum atomic E-state index is 13.0. The van der Waals surface area contributed by atoms with Gasteiger partial charge in [-0.05, 0) is 40.8 Å². The van der Waals surface area contributed by atoms with Crippen LogP contribution < -0.4 is 5.32 Å². The molecule has 0 saturated carbocycles. The predicted molar refractivity (Wildman–Crippen MR) is 75.0 cm³/mol. The van der Waals surface area contributed by atoms with Gasteiger partial charge in [-0.2, -0.15) is 10.4 Å². The number of hydrogen-bond acceptors (Lipinski definition) is 3. The van der Waals surface area contributed by atoms with E-state index in [1.54, 1.807) is 7.05 Å². The van der Waals surface area contributed by atoms with Gasteiger partial charge in [0, 0.05) is 16.8 Å². The van der Waals surface area contributed by atoms with E-state index in [-0.39, 0.29) is 11.4 Å². The minimum Gasteiger partial charge on any atom is -0.304 e. The van der Waals surface area contributed by atoms with E-state index in [9.17, 15) is 9.18 Å². The molecule has 1 heterocycles. The summed E-state index contributed by atoms with van der Waals surface area (Å²) in [6.45, 7) is 0. The number of carbonyl (C=O) groups excluding carboxylic acids is 1. The van der Waals surface area contributed by atoms with Gasteiger partial charge in [0.1, 0.15) is 17.4 Å². The lowest BCUT2D eigenvalue weighted by Crippen LogP contribution is -2.14. The van der Waals surface area contributed by atoms with Gasteiger partial charge in [0.25, 0.3) is 5.91 Å². The molecule has 7 heteroatoms. The first-order valence-corrected chi connectivity index (χ1v) is 6.29. The van der Waals surface area contributed by atoms with Gasteiger partial charge in [-0.3, -0.25) is 9.48 Å². The Bertz CT molecular complexity index is 690. The molecule has 96 valence electrons. The Labute approximate surface area is 122 Å². The van der Waals surface area contributed by atoms with Gasteiger partial charge in [0.2, 0.25) is 0 Å². The minimum absolute atomic E-state index is 0.190. The van der Waals surface area contributed by atoms with E-state index in [0.29, 0.717) is 9.13 Å². The number of aromatic nitrogens is 2. The summed E-state index contributed by atoms with van der Waals surface area (Å²) in [6, 6.07) is 5.80. The van der Waals surface area contributed by atoms with E-state index >= 15 is 0 Å². The third-order valence-corrected chi connectivity index (χ3v) is 3.25. The van der Waals surface area contributed by atoms with Crippen LogP contribution in [0.1, 0.15) is 15.9 Å². The van der Waals surface area contributed by atoms with Crippen molar-refractivity contribution >= 4 is 34.3 Å². The van der Waals surface area contributed by atoms with Gasteiger partial charge >= 0.3 is 0 Å². The van der Waals surface area contributed by atoms with Crippen LogP contribution in [-0.4, -0.2) is 15.7 Å². The number of halogens is 2. The second kappa shape index (κ2) is 5.36. The summed E-state index contributed by atoms with van der Waals surface area (Å²) < 4.78 is 14.9. The number of amides is 1. The van der Waals surface area contributed by atoms with Crippen molar-refractivity contribution in [2.45, 2.75) is 0 Å². The fourth-order valence-corrected chi connectivity index (χ4v) is 2.23. The maximum Gasteiger partial charge on any atom is 0.257 e. The lowest BCUT2D eigenvalue weighted by Gasteiger charge is -2.04. The molecule has 0 atom stereocenters. The number of aryl methyl sites for hydroxylation is 1. The van der Waals surface area contributed by atoms with E-state index in [1.165, 1.54) is 29.1 Å². The molecule has 0 radical (unpaired) electrons. The first kappa shape index (κ1) is 13.5. The standard InChI is InChI=1S/C12H8FIN4O/c1-18-6-7(5-15)11(17-18)16-12(19)9-3-2-8(13)4-10(9)14/h2-4,6H,1H3,(H,16,17,19). The summed E-state index contributed by atoms with van der Waals surface area (Å²) in [5, 5.41) is 15.4. The molecule has 0 fully saturated rings. The molecule has 1 aromatic heterocycles. The smallest absolute Gasteiger partial charge is 0.257 e. The molecule has 1 N–H and O–H groups in total. The molecule has 0 aliphatic rings. The van der Waals surface area contributed by atoms with Crippen molar-refractivity contribution in [1.82, 2.24) is 9.78 Å². The van der Waals surface area contributed by atoms with E-state index in [1.807, 2.05) is 28.7 Å². The lowest BCUT2D eigenvalue weighted by atomic mass is 10.2. The predicted octanol–water partition coefficient (Wildman–Crippen LogP) is 2.29. The van der Waals surface area contributed by atoms with Gasteiger partial charge < -0.3 is 5.32 Å². The topological polar surface area (TPSA) is 70.7 Å². The van der Waals surface area contributed by atoms with Gasteiger partial charge in [0.05, 0.1) is 5.56 Å². The Kier molecular flexibility index (Phi) is 3.80. The number of nitrogens with zero attached hydrogens (tertiary/aromatic N) is 3. The molecule has 0 aliphatic carbocycles. The molecule has 1 amide bonds. The van der Waals surface area contributed by atoms with Crippen molar-refractivity contribution < 1.29 is 9.18 Å². The van der Waals surface area contributed by atoms with Crippen LogP contribution in [0.2, 0.25) is 0 Å². The highest BCUT2D eigenvalue weighted by Crippen LogP contribution is 2.17. The van der Waals surface area contributed by atoms with Crippen LogP contribution in [-0.2, 0) is 7.05 Å². The summed E-state index contributed by atoms with van der Waals surface area (Å²) in [5.41, 5.74) is 0.601. The van der Waals surface area contributed by atoms with Crippen molar-refractivity contribution in [2.24, 2.45) is 7.05 Å². The molecule has 0 saturated heterocycles. The van der Waals surface area contributed by atoms with Crippen LogP contribution in [0, 0.1) is 20.7 Å². The van der Waals surface area contributed by atoms with Crippen LogP contribution in [0.25, 0.3) is 0 Å². The van der Waals surface area contributed by atoms with Crippen molar-refractivity contribution in [2.75, 3.05) is 5.32 Å². The second-order valence-electron chi connectivity index (χ2n) is 3.76. The Hall–Kier alpha value is -1.95. The maximum absolute atomic E-state index is 13.0. The van der Waals surface area contributed by atoms with Gasteiger partial charge in [-0.25, -0.2) is 4.39 Å². The largest absolute Gasteiger partial charge is 0.304 e. The molecule has 1 aromatic carbocycles. The Morgan fingerprint density at radius 3 is 2.95 bits per heavy atom. The Morgan fingerprint density at radius 2 is 2.32 bits per heavy atom. The number of hydrogen-bond donors (Lipinski definition) is 1. The Balaban J connectivity index is 2.28. The van der Waals surface area contributed by atoms with E-state index in [0.717, 1.165) is 0 Å². The molecular weight excluding hydrogens is 362 g/mol. The molecule has 0 aliphatic heterocycles. The van der Waals surface area contributed by atoms with Crippen molar-refractivity contribution in [1.29, 1.82) is 5.26 Å². The zero-order valence-electron chi connectivity index (χ0n) is 9.82. The molecule has 2 aromatic rings. The first-order valence-electron chi connectivity index (χ1n) is 5.21. The summed E-state index contributed by atoms with van der Waals surface area (Å²) in [4.78, 5) is 12.0. The van der Waals surface area contributed by atoms with Crippen LogP contribution in [0.4, 0.5) is 10.2 Å². The second-order valence-corrected chi connectivity index (χ2v) is 4.92. The van der Waals surface area contributed by atoms with E-state index in [2.05, 4.69) is 10.4 Å². The minimum atomic E-state index is -0.431. The number of benzene rings is 1. The zero-order valence-corrected chi connectivity index (χ0v) is 12.0. The highest BCUT2D eigenvalue weighted by molar-refractivity contribution is 14.1. The van der Waals surface area contributed by atoms with Gasteiger partial charge in [-0.1, -0.05) is 0 Å². The average molecular weight is 370 g/mol. The highest BCUT2D eigenvalue weighted by atomic mass is 127. The number of rotatable bonds is 2. The number of nitriles is 1. The molecular formula is C12H8FIN4O. The summed E-state index contributed by atoms with van der Waals surface area (Å²) in [6.07, 6.45) is 1.51. The fourth-order valence-electron chi connectivity index (χ4n) is 1.51. The van der Waals surface area contributed by atoms with Crippen LogP contribution in [0.3, 0.4) is 0 Å². The number of anilines is 1. The first-order chi connectivity index (χ1) is 9.01. The fraction of sp³-hybridized carbons (Fsp3) is 0.0833. The quantitative estimate of drug-likeness (QED) is 0.825. The summed E-state index contributed by atoms with van der Waals surface area (Å²) in [7, 11) is 1.65. The third-order valence-electron chi connectivity index (χ3n) is 2.36. The lowest BCUT2D eigenvalue weighted by molar-refractivity contribution is 0.102. The van der Waals surface area contributed by atoms with Crippen LogP contribution in [0.5, 0.6) is 0 Å². The molecule has 5 nitrogen and oxygen atoms in total. The molecule has 2 rings (SSSR count). The number of carbonyl (C=O) groups is 1.